The van der Waals surface area contributed by atoms with E-state index < -0.39 is 10.0 Å². The molecule has 2 unspecified atom stereocenters. The van der Waals surface area contributed by atoms with Gasteiger partial charge < -0.3 is 4.90 Å². The fourth-order valence-corrected chi connectivity index (χ4v) is 7.75. The number of rotatable bonds is 11. The fourth-order valence-electron chi connectivity index (χ4n) is 6.65. The summed E-state index contributed by atoms with van der Waals surface area (Å²) < 4.78 is 28.8. The average molecular weight is 693 g/mol. The van der Waals surface area contributed by atoms with Gasteiger partial charge in [0.2, 0.25) is 5.91 Å². The molecule has 1 aromatic heterocycles. The summed E-state index contributed by atoms with van der Waals surface area (Å²) in [6.45, 7) is 10.7. The third-order valence-electron chi connectivity index (χ3n) is 9.47. The number of carbonyl (C=O) groups is 2. The normalized spacial score (nSPS) is 16.5. The lowest BCUT2D eigenvalue weighted by molar-refractivity contribution is -0.116. The zero-order chi connectivity index (χ0) is 35.6. The Kier molecular flexibility index (Phi) is 9.89. The number of hydrogen-bond acceptors (Lipinski definition) is 6. The largest absolute Gasteiger partial charge is 0.363 e. The molecule has 0 radical (unpaired) electrons. The van der Waals surface area contributed by atoms with Gasteiger partial charge in [0.1, 0.15) is 6.17 Å². The van der Waals surface area contributed by atoms with Crippen LogP contribution in [0.4, 0.5) is 16.2 Å². The monoisotopic (exact) mass is 692 g/mol. The van der Waals surface area contributed by atoms with Gasteiger partial charge in [-0.25, -0.2) is 13.2 Å². The van der Waals surface area contributed by atoms with E-state index in [-0.39, 0.29) is 34.5 Å². The first kappa shape index (κ1) is 34.9. The van der Waals surface area contributed by atoms with Crippen LogP contribution in [0.2, 0.25) is 0 Å². The van der Waals surface area contributed by atoms with E-state index in [2.05, 4.69) is 84.0 Å². The minimum Gasteiger partial charge on any atom is -0.312 e. The molecule has 50 heavy (non-hydrogen) atoms. The number of fused-ring (bicyclic) bond motifs is 1. The van der Waals surface area contributed by atoms with E-state index in [4.69, 9.17) is 0 Å². The van der Waals surface area contributed by atoms with Crippen molar-refractivity contribution >= 4 is 33.3 Å². The predicted octanol–water partition coefficient (Wildman–Crippen LogP) is 7.92. The number of hydrogen-bond donors (Lipinski definition) is 1. The molecule has 260 valence electrons. The summed E-state index contributed by atoms with van der Waals surface area (Å²) in [4.78, 5) is 32.6. The topological polar surface area (TPSA) is 124 Å². The van der Waals surface area contributed by atoms with Crippen LogP contribution in [0.5, 0.6) is 0 Å². The minimum atomic E-state index is -3.83. The van der Waals surface area contributed by atoms with Crippen molar-refractivity contribution in [2.45, 2.75) is 89.2 Å². The van der Waals surface area contributed by atoms with Crippen molar-refractivity contribution in [2.75, 3.05) is 16.2 Å². The molecule has 10 nitrogen and oxygen atoms in total. The third kappa shape index (κ3) is 7.78. The Bertz CT molecular complexity index is 2000. The molecular formula is C39H44N6O4S. The maximum atomic E-state index is 13.1. The van der Waals surface area contributed by atoms with Crippen LogP contribution < -0.4 is 9.62 Å². The first-order valence-corrected chi connectivity index (χ1v) is 18.6. The lowest BCUT2D eigenvalue weighted by atomic mass is 9.86. The van der Waals surface area contributed by atoms with Crippen LogP contribution in [0, 0.1) is 0 Å². The van der Waals surface area contributed by atoms with Gasteiger partial charge in [-0.3, -0.25) is 19.4 Å². The predicted molar refractivity (Wildman–Crippen MR) is 196 cm³/mol. The molecule has 11 heteroatoms. The van der Waals surface area contributed by atoms with Gasteiger partial charge in [-0.2, -0.15) is 5.11 Å². The van der Waals surface area contributed by atoms with Crippen LogP contribution in [0.15, 0.2) is 100 Å². The molecule has 3 amide bonds. The van der Waals surface area contributed by atoms with Crippen LogP contribution in [-0.4, -0.2) is 49.0 Å². The molecule has 0 saturated carbocycles. The molecule has 2 aliphatic rings. The van der Waals surface area contributed by atoms with Crippen molar-refractivity contribution in [2.24, 2.45) is 10.2 Å². The number of amides is 3. The highest BCUT2D eigenvalue weighted by atomic mass is 32.2. The second-order valence-electron chi connectivity index (χ2n) is 14.2. The van der Waals surface area contributed by atoms with Gasteiger partial charge >= 0.3 is 6.03 Å². The molecule has 4 aromatic rings. The van der Waals surface area contributed by atoms with Crippen molar-refractivity contribution in [3.05, 3.63) is 107 Å². The molecule has 1 N–H and O–H groups in total. The molecule has 6 rings (SSSR count). The number of azo groups is 1. The van der Waals surface area contributed by atoms with Crippen LogP contribution >= 0.6 is 0 Å². The third-order valence-corrected chi connectivity index (χ3v) is 10.9. The Morgan fingerprint density at radius 2 is 1.70 bits per heavy atom. The highest BCUT2D eigenvalue weighted by molar-refractivity contribution is 7.92. The summed E-state index contributed by atoms with van der Waals surface area (Å²) in [6.07, 6.45) is 5.03. The quantitative estimate of drug-likeness (QED) is 0.171. The second-order valence-corrected chi connectivity index (χ2v) is 15.9. The van der Waals surface area contributed by atoms with Crippen molar-refractivity contribution in [1.29, 1.82) is 0 Å². The van der Waals surface area contributed by atoms with E-state index in [1.807, 2.05) is 17.0 Å². The highest BCUT2D eigenvalue weighted by Gasteiger charge is 2.33. The molecule has 0 saturated heterocycles. The van der Waals surface area contributed by atoms with Gasteiger partial charge in [0.05, 0.1) is 22.5 Å². The molecular weight excluding hydrogens is 649 g/mol. The standard InChI is InChI=1S/C39H44N6O4S/c1-26(23-29-11-15-32(16-12-29)39(3,4)5)45-37(41-42-38(45)47)8-6-7-28-9-13-30(14-10-28)35-19-17-33(25-40-35)43-50(48,49)34-18-20-36-31(24-34)21-22-44(36)27(2)46/h9-20,24-26,37,43H,6-8,21-23H2,1-5H3. The number of urea groups is 1. The Labute approximate surface area is 294 Å². The van der Waals surface area contributed by atoms with Crippen LogP contribution in [-0.2, 0) is 39.5 Å². The number of anilines is 2. The van der Waals surface area contributed by atoms with Gasteiger partial charge in [0.15, 0.2) is 0 Å². The summed E-state index contributed by atoms with van der Waals surface area (Å²) >= 11 is 0. The number of carbonyl (C=O) groups excluding carboxylic acids is 2. The first-order chi connectivity index (χ1) is 23.8. The summed E-state index contributed by atoms with van der Waals surface area (Å²) in [7, 11) is -3.83. The summed E-state index contributed by atoms with van der Waals surface area (Å²) in [5.41, 5.74) is 7.34. The van der Waals surface area contributed by atoms with E-state index >= 15 is 0 Å². The first-order valence-electron chi connectivity index (χ1n) is 17.1. The van der Waals surface area contributed by atoms with E-state index in [1.165, 1.54) is 35.9 Å². The van der Waals surface area contributed by atoms with Crippen molar-refractivity contribution < 1.29 is 18.0 Å². The average Bonchev–Trinajstić information content (AvgIpc) is 3.68. The van der Waals surface area contributed by atoms with E-state index in [1.54, 1.807) is 29.2 Å². The zero-order valence-corrected chi connectivity index (χ0v) is 30.1. The smallest absolute Gasteiger partial charge is 0.312 e. The van der Waals surface area contributed by atoms with Crippen molar-refractivity contribution in [1.82, 2.24) is 9.88 Å². The van der Waals surface area contributed by atoms with Crippen molar-refractivity contribution in [3.63, 3.8) is 0 Å². The minimum absolute atomic E-state index is 0.0180. The molecule has 0 bridgehead atoms. The summed E-state index contributed by atoms with van der Waals surface area (Å²) in [5, 5.41) is 8.19. The number of aryl methyl sites for hydroxylation is 1. The number of pyridine rings is 1. The molecule has 2 atom stereocenters. The number of nitrogens with one attached hydrogen (secondary N) is 1. The lowest BCUT2D eigenvalue weighted by Crippen LogP contribution is -2.41. The van der Waals surface area contributed by atoms with E-state index in [0.717, 1.165) is 48.2 Å². The van der Waals surface area contributed by atoms with E-state index in [9.17, 15) is 18.0 Å². The van der Waals surface area contributed by atoms with Gasteiger partial charge in [-0.1, -0.05) is 74.4 Å². The number of sulfonamides is 1. The summed E-state index contributed by atoms with van der Waals surface area (Å²) in [6, 6.07) is 24.8. The highest BCUT2D eigenvalue weighted by Crippen LogP contribution is 2.31. The molecule has 0 aliphatic carbocycles. The lowest BCUT2D eigenvalue weighted by Gasteiger charge is -2.28. The van der Waals surface area contributed by atoms with E-state index in [0.29, 0.717) is 18.7 Å². The molecule has 0 spiro atoms. The maximum absolute atomic E-state index is 13.1. The van der Waals surface area contributed by atoms with Crippen molar-refractivity contribution in [3.8, 4) is 11.3 Å². The molecule has 3 aromatic carbocycles. The molecule has 2 aliphatic heterocycles. The fraction of sp³-hybridized carbons (Fsp3) is 0.359. The van der Waals surface area contributed by atoms with Gasteiger partial charge in [-0.05, 0) is 97.0 Å². The Balaban J connectivity index is 1.01. The maximum Gasteiger partial charge on any atom is 0.363 e. The van der Waals surface area contributed by atoms with Gasteiger partial charge in [-0.15, -0.1) is 0 Å². The Morgan fingerprint density at radius 3 is 2.36 bits per heavy atom. The van der Waals surface area contributed by atoms with Crippen LogP contribution in [0.1, 0.15) is 69.7 Å². The SMILES string of the molecule is CC(=O)N1CCc2cc(S(=O)(=O)Nc3ccc(-c4ccc(CCCC5N=NC(=O)N5C(C)Cc5ccc(C(C)(C)C)cc5)cc4)nc3)ccc21. The molecule has 3 heterocycles. The number of benzene rings is 3. The number of nitrogens with zero attached hydrogens (tertiary/aromatic N) is 5. The van der Waals surface area contributed by atoms with Crippen LogP contribution in [0.3, 0.4) is 0 Å². The van der Waals surface area contributed by atoms with Gasteiger partial charge in [0, 0.05) is 30.8 Å². The number of aromatic nitrogens is 1. The van der Waals surface area contributed by atoms with Crippen LogP contribution in [0.25, 0.3) is 11.3 Å². The Hall–Kier alpha value is -4.90. The Morgan fingerprint density at radius 1 is 0.980 bits per heavy atom. The summed E-state index contributed by atoms with van der Waals surface area (Å²) in [5.74, 6) is -0.0597. The second kappa shape index (κ2) is 14.1. The van der Waals surface area contributed by atoms with Gasteiger partial charge in [0.25, 0.3) is 10.0 Å². The molecule has 0 fully saturated rings. The zero-order valence-electron chi connectivity index (χ0n) is 29.3.